The van der Waals surface area contributed by atoms with E-state index in [1.54, 1.807) is 0 Å². The molecule has 4 nitrogen and oxygen atoms in total. The normalized spacial score (nSPS) is 25.4. The minimum absolute atomic E-state index is 0.00100. The third kappa shape index (κ3) is 4.58. The highest BCUT2D eigenvalue weighted by molar-refractivity contribution is 5.81. The molecule has 0 heterocycles. The summed E-state index contributed by atoms with van der Waals surface area (Å²) in [5.41, 5.74) is -0.150. The zero-order chi connectivity index (χ0) is 13.8. The number of hydrogen-bond acceptors (Lipinski definition) is 3. The topological polar surface area (TPSA) is 50.4 Å². The van der Waals surface area contributed by atoms with Crippen LogP contribution in [0.2, 0.25) is 0 Å². The summed E-state index contributed by atoms with van der Waals surface area (Å²) in [6.45, 7) is 9.02. The van der Waals surface area contributed by atoms with Crippen LogP contribution in [0.4, 0.5) is 0 Å². The van der Waals surface area contributed by atoms with Crippen molar-refractivity contribution in [3.63, 3.8) is 0 Å². The maximum Gasteiger partial charge on any atom is 0.249 e. The van der Waals surface area contributed by atoms with Gasteiger partial charge >= 0.3 is 0 Å². The van der Waals surface area contributed by atoms with Crippen molar-refractivity contribution in [2.45, 2.75) is 64.7 Å². The average Bonchev–Trinajstić information content (AvgIpc) is 2.25. The third-order valence-corrected chi connectivity index (χ3v) is 3.80. The minimum Gasteiger partial charge on any atom is -0.365 e. The van der Waals surface area contributed by atoms with Gasteiger partial charge in [-0.2, -0.15) is 0 Å². The van der Waals surface area contributed by atoms with E-state index in [-0.39, 0.29) is 23.7 Å². The van der Waals surface area contributed by atoms with Crippen LogP contribution in [0, 0.1) is 5.92 Å². The molecule has 0 spiro atoms. The van der Waals surface area contributed by atoms with Crippen LogP contribution in [-0.4, -0.2) is 37.2 Å². The molecule has 1 atom stereocenters. The van der Waals surface area contributed by atoms with Gasteiger partial charge in [0.15, 0.2) is 0 Å². The lowest BCUT2D eigenvalue weighted by Gasteiger charge is -2.37. The van der Waals surface area contributed by atoms with E-state index in [9.17, 15) is 4.79 Å². The van der Waals surface area contributed by atoms with Gasteiger partial charge in [0.05, 0.1) is 6.10 Å². The van der Waals surface area contributed by atoms with E-state index < -0.39 is 0 Å². The Kier molecular flexibility index (Phi) is 5.60. The van der Waals surface area contributed by atoms with Crippen LogP contribution in [-0.2, 0) is 9.53 Å². The quantitative estimate of drug-likeness (QED) is 0.729. The van der Waals surface area contributed by atoms with Crippen LogP contribution in [0.15, 0.2) is 0 Å². The SMILES string of the molecule is CCC(C)(C)NC(=O)C(C)OC1CC(CNC)C1. The van der Waals surface area contributed by atoms with Crippen molar-refractivity contribution >= 4 is 5.91 Å². The highest BCUT2D eigenvalue weighted by Gasteiger charge is 2.32. The second-order valence-corrected chi connectivity index (χ2v) is 6.02. The molecule has 0 aromatic heterocycles. The molecule has 2 N–H and O–H groups in total. The van der Waals surface area contributed by atoms with E-state index in [0.717, 1.165) is 25.8 Å². The zero-order valence-electron chi connectivity index (χ0n) is 12.4. The van der Waals surface area contributed by atoms with E-state index in [1.807, 2.05) is 27.8 Å². The Balaban J connectivity index is 2.25. The molecule has 18 heavy (non-hydrogen) atoms. The summed E-state index contributed by atoms with van der Waals surface area (Å²) in [4.78, 5) is 12.0. The standard InChI is InChI=1S/C14H28N2O2/c1-6-14(3,4)16-13(17)10(2)18-12-7-11(8-12)9-15-5/h10-12,15H,6-9H2,1-5H3,(H,16,17). The summed E-state index contributed by atoms with van der Waals surface area (Å²) in [6.07, 6.45) is 2.95. The van der Waals surface area contributed by atoms with Crippen molar-refractivity contribution < 1.29 is 9.53 Å². The molecule has 106 valence electrons. The largest absolute Gasteiger partial charge is 0.365 e. The van der Waals surface area contributed by atoms with Gasteiger partial charge in [0.2, 0.25) is 5.91 Å². The lowest BCUT2D eigenvalue weighted by molar-refractivity contribution is -0.142. The first-order valence-corrected chi connectivity index (χ1v) is 7.00. The van der Waals surface area contributed by atoms with E-state index in [1.165, 1.54) is 0 Å². The summed E-state index contributed by atoms with van der Waals surface area (Å²) in [5, 5.41) is 6.19. The van der Waals surface area contributed by atoms with Crippen molar-refractivity contribution in [1.82, 2.24) is 10.6 Å². The summed E-state index contributed by atoms with van der Waals surface area (Å²) in [6, 6.07) is 0. The number of hydrogen-bond donors (Lipinski definition) is 2. The highest BCUT2D eigenvalue weighted by atomic mass is 16.5. The zero-order valence-corrected chi connectivity index (χ0v) is 12.4. The first kappa shape index (κ1) is 15.4. The summed E-state index contributed by atoms with van der Waals surface area (Å²) >= 11 is 0. The second-order valence-electron chi connectivity index (χ2n) is 6.02. The molecule has 0 saturated heterocycles. The van der Waals surface area contributed by atoms with Crippen molar-refractivity contribution in [3.8, 4) is 0 Å². The molecule has 0 aliphatic heterocycles. The summed E-state index contributed by atoms with van der Waals surface area (Å²) < 4.78 is 5.78. The second kappa shape index (κ2) is 6.53. The number of carbonyl (C=O) groups excluding carboxylic acids is 1. The van der Waals surface area contributed by atoms with Crippen molar-refractivity contribution in [2.24, 2.45) is 5.92 Å². The van der Waals surface area contributed by atoms with Gasteiger partial charge in [0, 0.05) is 5.54 Å². The Hall–Kier alpha value is -0.610. The van der Waals surface area contributed by atoms with Crippen LogP contribution in [0.25, 0.3) is 0 Å². The molecule has 0 aromatic rings. The molecular formula is C14H28N2O2. The number of carbonyl (C=O) groups is 1. The summed E-state index contributed by atoms with van der Waals surface area (Å²) in [5.74, 6) is 0.710. The van der Waals surface area contributed by atoms with Crippen LogP contribution in [0.1, 0.15) is 47.0 Å². The smallest absolute Gasteiger partial charge is 0.249 e. The van der Waals surface area contributed by atoms with Gasteiger partial charge in [0.1, 0.15) is 6.10 Å². The van der Waals surface area contributed by atoms with E-state index in [4.69, 9.17) is 4.74 Å². The summed E-state index contributed by atoms with van der Waals surface area (Å²) in [7, 11) is 1.97. The Bertz CT molecular complexity index is 273. The van der Waals surface area contributed by atoms with Crippen molar-refractivity contribution in [3.05, 3.63) is 0 Å². The highest BCUT2D eigenvalue weighted by Crippen LogP contribution is 2.30. The average molecular weight is 256 g/mol. The fourth-order valence-electron chi connectivity index (χ4n) is 2.11. The third-order valence-electron chi connectivity index (χ3n) is 3.80. The Morgan fingerprint density at radius 2 is 2.06 bits per heavy atom. The molecule has 1 aliphatic rings. The van der Waals surface area contributed by atoms with Gasteiger partial charge in [-0.25, -0.2) is 0 Å². The number of rotatable bonds is 7. The van der Waals surface area contributed by atoms with E-state index in [0.29, 0.717) is 5.92 Å². The first-order chi connectivity index (χ1) is 8.38. The van der Waals surface area contributed by atoms with Gasteiger partial charge in [-0.1, -0.05) is 6.92 Å². The van der Waals surface area contributed by atoms with Crippen LogP contribution in [0.3, 0.4) is 0 Å². The fourth-order valence-corrected chi connectivity index (χ4v) is 2.11. The molecule has 1 aliphatic carbocycles. The molecular weight excluding hydrogens is 228 g/mol. The number of nitrogens with one attached hydrogen (secondary N) is 2. The first-order valence-electron chi connectivity index (χ1n) is 7.00. The maximum atomic E-state index is 12.0. The minimum atomic E-state index is -0.351. The van der Waals surface area contributed by atoms with E-state index >= 15 is 0 Å². The van der Waals surface area contributed by atoms with Gasteiger partial charge in [-0.15, -0.1) is 0 Å². The monoisotopic (exact) mass is 256 g/mol. The maximum absolute atomic E-state index is 12.0. The number of ether oxygens (including phenoxy) is 1. The molecule has 1 amide bonds. The molecule has 0 bridgehead atoms. The molecule has 1 unspecified atom stereocenters. The lowest BCUT2D eigenvalue weighted by Crippen LogP contribution is -2.49. The Morgan fingerprint density at radius 1 is 1.44 bits per heavy atom. The van der Waals surface area contributed by atoms with E-state index in [2.05, 4.69) is 17.6 Å². The Labute approximate surface area is 111 Å². The Morgan fingerprint density at radius 3 is 2.56 bits per heavy atom. The van der Waals surface area contributed by atoms with Crippen LogP contribution >= 0.6 is 0 Å². The van der Waals surface area contributed by atoms with Gasteiger partial charge in [-0.05, 0) is 59.5 Å². The lowest BCUT2D eigenvalue weighted by atomic mass is 9.82. The van der Waals surface area contributed by atoms with Crippen molar-refractivity contribution in [1.29, 1.82) is 0 Å². The van der Waals surface area contributed by atoms with Gasteiger partial charge < -0.3 is 15.4 Å². The molecule has 1 saturated carbocycles. The van der Waals surface area contributed by atoms with Crippen molar-refractivity contribution in [2.75, 3.05) is 13.6 Å². The predicted octanol–water partition coefficient (Wildman–Crippen LogP) is 1.69. The predicted molar refractivity (Wildman–Crippen MR) is 73.5 cm³/mol. The van der Waals surface area contributed by atoms with Gasteiger partial charge in [-0.3, -0.25) is 4.79 Å². The van der Waals surface area contributed by atoms with Gasteiger partial charge in [0.25, 0.3) is 0 Å². The number of amides is 1. The molecule has 1 rings (SSSR count). The molecule has 1 fully saturated rings. The fraction of sp³-hybridized carbons (Fsp3) is 0.929. The molecule has 4 heteroatoms. The van der Waals surface area contributed by atoms with Crippen LogP contribution < -0.4 is 10.6 Å². The van der Waals surface area contributed by atoms with Crippen LogP contribution in [0.5, 0.6) is 0 Å². The molecule has 0 aromatic carbocycles. The molecule has 0 radical (unpaired) electrons.